The summed E-state index contributed by atoms with van der Waals surface area (Å²) in [6, 6.07) is 10.9. The standard InChI is InChI=1S/C14H19N/c1-11-7-6-10-14(11)15-12(2)13-8-4-3-5-9-13/h3-5,8-9,11-12H,6-7,10H2,1-2H3/t11?,12-/m1/s1. The molecule has 1 aromatic rings. The van der Waals surface area contributed by atoms with E-state index in [1.165, 1.54) is 30.5 Å². The zero-order valence-corrected chi connectivity index (χ0v) is 9.61. The molecule has 0 aliphatic heterocycles. The van der Waals surface area contributed by atoms with Gasteiger partial charge in [0.2, 0.25) is 0 Å². The molecule has 0 saturated heterocycles. The second-order valence-electron chi connectivity index (χ2n) is 4.50. The molecule has 1 nitrogen and oxygen atoms in total. The second kappa shape index (κ2) is 4.61. The molecule has 1 fully saturated rings. The summed E-state index contributed by atoms with van der Waals surface area (Å²) in [6.07, 6.45) is 3.85. The molecule has 1 saturated carbocycles. The summed E-state index contributed by atoms with van der Waals surface area (Å²) in [5.41, 5.74) is 2.75. The number of nitrogens with zero attached hydrogens (tertiary/aromatic N) is 1. The van der Waals surface area contributed by atoms with Crippen molar-refractivity contribution in [2.24, 2.45) is 10.9 Å². The maximum absolute atomic E-state index is 4.84. The van der Waals surface area contributed by atoms with Gasteiger partial charge in [-0.3, -0.25) is 4.99 Å². The molecule has 1 aromatic carbocycles. The average Bonchev–Trinajstić information content (AvgIpc) is 2.66. The Hall–Kier alpha value is -1.11. The third kappa shape index (κ3) is 2.47. The highest BCUT2D eigenvalue weighted by Gasteiger charge is 2.18. The molecule has 0 spiro atoms. The summed E-state index contributed by atoms with van der Waals surface area (Å²) in [4.78, 5) is 4.84. The molecule has 15 heavy (non-hydrogen) atoms. The lowest BCUT2D eigenvalue weighted by Crippen LogP contribution is -2.04. The Bertz CT molecular complexity index is 340. The number of benzene rings is 1. The van der Waals surface area contributed by atoms with Gasteiger partial charge in [-0.25, -0.2) is 0 Å². The zero-order chi connectivity index (χ0) is 10.7. The Morgan fingerprint density at radius 3 is 2.60 bits per heavy atom. The van der Waals surface area contributed by atoms with Crippen molar-refractivity contribution in [3.05, 3.63) is 35.9 Å². The summed E-state index contributed by atoms with van der Waals surface area (Å²) in [5, 5.41) is 0. The molecule has 1 heteroatoms. The highest BCUT2D eigenvalue weighted by molar-refractivity contribution is 5.88. The van der Waals surface area contributed by atoms with Crippen molar-refractivity contribution in [3.63, 3.8) is 0 Å². The molecular formula is C14H19N. The number of hydrogen-bond acceptors (Lipinski definition) is 1. The molecule has 2 atom stereocenters. The minimum absolute atomic E-state index is 0.321. The fraction of sp³-hybridized carbons (Fsp3) is 0.500. The third-order valence-corrected chi connectivity index (χ3v) is 3.28. The lowest BCUT2D eigenvalue weighted by atomic mass is 10.1. The molecule has 80 valence electrons. The summed E-state index contributed by atoms with van der Waals surface area (Å²) in [6.45, 7) is 4.48. The Morgan fingerprint density at radius 1 is 1.27 bits per heavy atom. The minimum Gasteiger partial charge on any atom is -0.286 e. The average molecular weight is 201 g/mol. The van der Waals surface area contributed by atoms with Gasteiger partial charge in [0.15, 0.2) is 0 Å². The molecular weight excluding hydrogens is 182 g/mol. The van der Waals surface area contributed by atoms with Crippen molar-refractivity contribution in [2.75, 3.05) is 0 Å². The van der Waals surface area contributed by atoms with E-state index in [1.54, 1.807) is 0 Å². The Labute approximate surface area is 92.2 Å². The molecule has 0 N–H and O–H groups in total. The van der Waals surface area contributed by atoms with Crippen LogP contribution in [0.3, 0.4) is 0 Å². The zero-order valence-electron chi connectivity index (χ0n) is 9.61. The van der Waals surface area contributed by atoms with E-state index >= 15 is 0 Å². The van der Waals surface area contributed by atoms with Gasteiger partial charge in [0.1, 0.15) is 0 Å². The minimum atomic E-state index is 0.321. The quantitative estimate of drug-likeness (QED) is 0.685. The first-order chi connectivity index (χ1) is 7.27. The Morgan fingerprint density at radius 2 is 2.00 bits per heavy atom. The van der Waals surface area contributed by atoms with Crippen LogP contribution in [0.15, 0.2) is 35.3 Å². The molecule has 1 aliphatic rings. The molecule has 2 rings (SSSR count). The monoisotopic (exact) mass is 201 g/mol. The van der Waals surface area contributed by atoms with Crippen LogP contribution < -0.4 is 0 Å². The predicted molar refractivity (Wildman–Crippen MR) is 65.3 cm³/mol. The van der Waals surface area contributed by atoms with Crippen LogP contribution in [0.5, 0.6) is 0 Å². The van der Waals surface area contributed by atoms with Crippen LogP contribution >= 0.6 is 0 Å². The van der Waals surface area contributed by atoms with Crippen molar-refractivity contribution >= 4 is 5.71 Å². The summed E-state index contributed by atoms with van der Waals surface area (Å²) < 4.78 is 0. The van der Waals surface area contributed by atoms with E-state index in [1.807, 2.05) is 0 Å². The molecule has 1 aliphatic carbocycles. The van der Waals surface area contributed by atoms with Crippen molar-refractivity contribution in [2.45, 2.75) is 39.2 Å². The summed E-state index contributed by atoms with van der Waals surface area (Å²) in [5.74, 6) is 0.705. The molecule has 0 amide bonds. The molecule has 1 unspecified atom stereocenters. The van der Waals surface area contributed by atoms with Crippen molar-refractivity contribution in [1.29, 1.82) is 0 Å². The van der Waals surface area contributed by atoms with Gasteiger partial charge < -0.3 is 0 Å². The summed E-state index contributed by atoms with van der Waals surface area (Å²) >= 11 is 0. The van der Waals surface area contributed by atoms with Crippen LogP contribution in [0.4, 0.5) is 0 Å². The van der Waals surface area contributed by atoms with Crippen LogP contribution in [0.2, 0.25) is 0 Å². The van der Waals surface area contributed by atoms with Gasteiger partial charge in [-0.05, 0) is 37.7 Å². The largest absolute Gasteiger partial charge is 0.286 e. The fourth-order valence-corrected chi connectivity index (χ4v) is 2.25. The number of rotatable bonds is 2. The smallest absolute Gasteiger partial charge is 0.0720 e. The van der Waals surface area contributed by atoms with Gasteiger partial charge in [0.05, 0.1) is 6.04 Å². The van der Waals surface area contributed by atoms with Crippen LogP contribution in [0.25, 0.3) is 0 Å². The van der Waals surface area contributed by atoms with Crippen molar-refractivity contribution in [3.8, 4) is 0 Å². The predicted octanol–water partition coefficient (Wildman–Crippen LogP) is 4.01. The highest BCUT2D eigenvalue weighted by Crippen LogP contribution is 2.25. The summed E-state index contributed by atoms with van der Waals surface area (Å²) in [7, 11) is 0. The van der Waals surface area contributed by atoms with Crippen LogP contribution in [-0.2, 0) is 0 Å². The van der Waals surface area contributed by atoms with E-state index in [2.05, 4.69) is 44.2 Å². The van der Waals surface area contributed by atoms with Crippen LogP contribution in [0, 0.1) is 5.92 Å². The maximum Gasteiger partial charge on any atom is 0.0720 e. The van der Waals surface area contributed by atoms with Crippen LogP contribution in [-0.4, -0.2) is 5.71 Å². The molecule has 0 radical (unpaired) electrons. The number of aliphatic imine (C=N–C) groups is 1. The molecule has 0 aromatic heterocycles. The maximum atomic E-state index is 4.84. The first-order valence-corrected chi connectivity index (χ1v) is 5.89. The molecule has 0 heterocycles. The van der Waals surface area contributed by atoms with Gasteiger partial charge in [0, 0.05) is 5.71 Å². The van der Waals surface area contributed by atoms with Crippen molar-refractivity contribution < 1.29 is 0 Å². The highest BCUT2D eigenvalue weighted by atomic mass is 14.8. The van der Waals surface area contributed by atoms with E-state index in [0.29, 0.717) is 12.0 Å². The third-order valence-electron chi connectivity index (χ3n) is 3.28. The Balaban J connectivity index is 2.12. The van der Waals surface area contributed by atoms with E-state index in [9.17, 15) is 0 Å². The SMILES string of the molecule is CC1CCCC1=N[C@H](C)c1ccccc1. The van der Waals surface area contributed by atoms with E-state index < -0.39 is 0 Å². The fourth-order valence-electron chi connectivity index (χ4n) is 2.25. The molecule has 0 bridgehead atoms. The Kier molecular flexibility index (Phi) is 3.20. The van der Waals surface area contributed by atoms with E-state index in [0.717, 1.165) is 0 Å². The lowest BCUT2D eigenvalue weighted by molar-refractivity contribution is 0.720. The van der Waals surface area contributed by atoms with Gasteiger partial charge >= 0.3 is 0 Å². The normalized spacial score (nSPS) is 25.7. The van der Waals surface area contributed by atoms with Gasteiger partial charge in [0.25, 0.3) is 0 Å². The van der Waals surface area contributed by atoms with Crippen LogP contribution in [0.1, 0.15) is 44.7 Å². The van der Waals surface area contributed by atoms with Crippen molar-refractivity contribution in [1.82, 2.24) is 0 Å². The van der Waals surface area contributed by atoms with E-state index in [-0.39, 0.29) is 0 Å². The van der Waals surface area contributed by atoms with Gasteiger partial charge in [-0.15, -0.1) is 0 Å². The van der Waals surface area contributed by atoms with E-state index in [4.69, 9.17) is 4.99 Å². The first-order valence-electron chi connectivity index (χ1n) is 5.89. The van der Waals surface area contributed by atoms with Gasteiger partial charge in [-0.2, -0.15) is 0 Å². The number of hydrogen-bond donors (Lipinski definition) is 0. The first kappa shape index (κ1) is 10.4. The lowest BCUT2D eigenvalue weighted by Gasteiger charge is -2.10. The second-order valence-corrected chi connectivity index (χ2v) is 4.50. The van der Waals surface area contributed by atoms with Gasteiger partial charge in [-0.1, -0.05) is 37.3 Å². The topological polar surface area (TPSA) is 12.4 Å².